The summed E-state index contributed by atoms with van der Waals surface area (Å²) in [7, 11) is 0. The lowest BCUT2D eigenvalue weighted by atomic mass is 10.0. The van der Waals surface area contributed by atoms with E-state index in [0.717, 1.165) is 34.9 Å². The quantitative estimate of drug-likeness (QED) is 0.674. The Kier molecular flexibility index (Phi) is 5.15. The molecule has 1 unspecified atom stereocenters. The summed E-state index contributed by atoms with van der Waals surface area (Å²) in [5.74, 6) is 5.94. The van der Waals surface area contributed by atoms with Crippen LogP contribution in [-0.4, -0.2) is 30.5 Å². The number of aromatic nitrogens is 4. The van der Waals surface area contributed by atoms with E-state index in [0.29, 0.717) is 18.2 Å². The maximum Gasteiger partial charge on any atom is 0.122 e. The van der Waals surface area contributed by atoms with Crippen molar-refractivity contribution in [2.24, 2.45) is 0 Å². The van der Waals surface area contributed by atoms with Crippen molar-refractivity contribution in [3.05, 3.63) is 36.5 Å². The fourth-order valence-electron chi connectivity index (χ4n) is 3.12. The number of pyridine rings is 1. The molecule has 0 aliphatic rings. The Hall–Kier alpha value is -2.58. The zero-order valence-corrected chi connectivity index (χ0v) is 15.9. The molecule has 3 rings (SSSR count). The van der Waals surface area contributed by atoms with Gasteiger partial charge in [0.1, 0.15) is 11.3 Å². The van der Waals surface area contributed by atoms with Gasteiger partial charge in [-0.1, -0.05) is 26.7 Å². The van der Waals surface area contributed by atoms with Crippen LogP contribution >= 0.6 is 0 Å². The van der Waals surface area contributed by atoms with E-state index in [1.165, 1.54) is 0 Å². The van der Waals surface area contributed by atoms with Crippen LogP contribution in [0.1, 0.15) is 58.7 Å². The number of H-pyrrole nitrogens is 1. The van der Waals surface area contributed by atoms with E-state index >= 15 is 0 Å². The molecule has 1 atom stereocenters. The molecule has 0 fully saturated rings. The Labute approximate surface area is 154 Å². The van der Waals surface area contributed by atoms with Crippen LogP contribution in [0.4, 0.5) is 0 Å². The molecule has 136 valence electrons. The minimum absolute atomic E-state index is 0.428. The van der Waals surface area contributed by atoms with Gasteiger partial charge in [-0.3, -0.25) is 5.10 Å². The minimum Gasteiger partial charge on any atom is -0.378 e. The van der Waals surface area contributed by atoms with E-state index in [1.54, 1.807) is 6.92 Å². The maximum absolute atomic E-state index is 10.1. The first kappa shape index (κ1) is 18.2. The third-order valence-corrected chi connectivity index (χ3v) is 5.01. The van der Waals surface area contributed by atoms with Crippen molar-refractivity contribution < 1.29 is 5.11 Å². The van der Waals surface area contributed by atoms with E-state index in [2.05, 4.69) is 51.6 Å². The number of aliphatic hydroxyl groups is 1. The molecule has 0 radical (unpaired) electrons. The fourth-order valence-corrected chi connectivity index (χ4v) is 3.12. The van der Waals surface area contributed by atoms with Crippen LogP contribution in [0.25, 0.3) is 22.0 Å². The fraction of sp³-hybridized carbons (Fsp3) is 0.429. The summed E-state index contributed by atoms with van der Waals surface area (Å²) in [6.45, 7) is 8.05. The van der Waals surface area contributed by atoms with Crippen molar-refractivity contribution in [2.75, 3.05) is 0 Å². The molecule has 5 heteroatoms. The van der Waals surface area contributed by atoms with Gasteiger partial charge in [-0.15, -0.1) is 0 Å². The van der Waals surface area contributed by atoms with Crippen LogP contribution in [0.5, 0.6) is 0 Å². The van der Waals surface area contributed by atoms with Gasteiger partial charge >= 0.3 is 0 Å². The van der Waals surface area contributed by atoms with Gasteiger partial charge in [0.05, 0.1) is 17.9 Å². The second kappa shape index (κ2) is 7.35. The summed E-state index contributed by atoms with van der Waals surface area (Å²) >= 11 is 0. The number of aromatic amines is 1. The van der Waals surface area contributed by atoms with Gasteiger partial charge in [-0.25, -0.2) is 4.98 Å². The largest absolute Gasteiger partial charge is 0.378 e. The summed E-state index contributed by atoms with van der Waals surface area (Å²) in [5, 5.41) is 18.2. The van der Waals surface area contributed by atoms with E-state index in [9.17, 15) is 5.11 Å². The van der Waals surface area contributed by atoms with Crippen LogP contribution in [-0.2, 0) is 0 Å². The Morgan fingerprint density at radius 3 is 2.65 bits per heavy atom. The minimum atomic E-state index is -0.995. The lowest BCUT2D eigenvalue weighted by molar-refractivity contribution is 0.118. The topological polar surface area (TPSA) is 66.7 Å². The Morgan fingerprint density at radius 1 is 1.27 bits per heavy atom. The van der Waals surface area contributed by atoms with Gasteiger partial charge < -0.3 is 9.67 Å². The molecule has 0 bridgehead atoms. The molecule has 3 aromatic heterocycles. The molecule has 0 saturated heterocycles. The summed E-state index contributed by atoms with van der Waals surface area (Å²) in [4.78, 5) is 4.52. The first-order chi connectivity index (χ1) is 12.5. The normalized spacial score (nSPS) is 13.6. The third-order valence-electron chi connectivity index (χ3n) is 5.01. The molecule has 0 aliphatic carbocycles. The molecular formula is C21H26N4O. The van der Waals surface area contributed by atoms with Gasteiger partial charge in [-0.05, 0) is 38.2 Å². The molecule has 2 N–H and O–H groups in total. The van der Waals surface area contributed by atoms with Crippen molar-refractivity contribution in [3.63, 3.8) is 0 Å². The average Bonchev–Trinajstić information content (AvgIpc) is 3.29. The second-order valence-electron chi connectivity index (χ2n) is 6.87. The molecule has 3 heterocycles. The van der Waals surface area contributed by atoms with Gasteiger partial charge in [-0.2, -0.15) is 5.10 Å². The van der Waals surface area contributed by atoms with Gasteiger partial charge in [0, 0.05) is 34.9 Å². The van der Waals surface area contributed by atoms with Crippen LogP contribution in [0.3, 0.4) is 0 Å². The van der Waals surface area contributed by atoms with Crippen molar-refractivity contribution in [1.29, 1.82) is 0 Å². The molecular weight excluding hydrogens is 324 g/mol. The summed E-state index contributed by atoms with van der Waals surface area (Å²) in [6.07, 6.45) is 10.5. The van der Waals surface area contributed by atoms with Crippen LogP contribution in [0, 0.1) is 11.8 Å². The number of rotatable bonds is 5. The average molecular weight is 350 g/mol. The lowest BCUT2D eigenvalue weighted by Gasteiger charge is -2.16. The maximum atomic E-state index is 10.1. The summed E-state index contributed by atoms with van der Waals surface area (Å²) in [6, 6.07) is 2.44. The van der Waals surface area contributed by atoms with Gasteiger partial charge in [0.25, 0.3) is 0 Å². The zero-order valence-electron chi connectivity index (χ0n) is 15.9. The van der Waals surface area contributed by atoms with Crippen molar-refractivity contribution >= 4 is 10.9 Å². The molecule has 0 amide bonds. The number of hydrogen-bond donors (Lipinski definition) is 2. The van der Waals surface area contributed by atoms with Crippen molar-refractivity contribution in [1.82, 2.24) is 19.7 Å². The number of hydrogen-bond acceptors (Lipinski definition) is 3. The number of nitrogens with zero attached hydrogens (tertiary/aromatic N) is 3. The standard InChI is InChI=1S/C21H26N4O/c1-5-17(6-2)25-14-19(15-11-23-24-12-15)18-10-16(22-13-20(18)25)8-9-21(4,26)7-3/h10-14,17,26H,5-7H2,1-4H3,(H,23,24). The van der Waals surface area contributed by atoms with Crippen LogP contribution in [0.2, 0.25) is 0 Å². The second-order valence-corrected chi connectivity index (χ2v) is 6.87. The molecule has 5 nitrogen and oxygen atoms in total. The Balaban J connectivity index is 2.16. The zero-order chi connectivity index (χ0) is 18.7. The van der Waals surface area contributed by atoms with E-state index in [1.807, 2.05) is 31.6 Å². The predicted molar refractivity (Wildman–Crippen MR) is 105 cm³/mol. The van der Waals surface area contributed by atoms with Gasteiger partial charge in [0.15, 0.2) is 0 Å². The van der Waals surface area contributed by atoms with Gasteiger partial charge in [0.2, 0.25) is 0 Å². The number of fused-ring (bicyclic) bond motifs is 1. The highest BCUT2D eigenvalue weighted by atomic mass is 16.3. The highest BCUT2D eigenvalue weighted by Crippen LogP contribution is 2.33. The smallest absolute Gasteiger partial charge is 0.122 e. The van der Waals surface area contributed by atoms with E-state index in [4.69, 9.17) is 0 Å². The predicted octanol–water partition coefficient (Wildman–Crippen LogP) is 4.30. The van der Waals surface area contributed by atoms with Crippen molar-refractivity contribution in [3.8, 4) is 23.0 Å². The summed E-state index contributed by atoms with van der Waals surface area (Å²) < 4.78 is 2.31. The monoisotopic (exact) mass is 350 g/mol. The highest BCUT2D eigenvalue weighted by molar-refractivity contribution is 5.96. The third kappa shape index (κ3) is 3.51. The summed E-state index contributed by atoms with van der Waals surface area (Å²) in [5.41, 5.74) is 2.94. The Morgan fingerprint density at radius 2 is 2.04 bits per heavy atom. The van der Waals surface area contributed by atoms with Crippen molar-refractivity contribution in [2.45, 2.75) is 58.6 Å². The first-order valence-corrected chi connectivity index (χ1v) is 9.24. The molecule has 0 aromatic carbocycles. The highest BCUT2D eigenvalue weighted by Gasteiger charge is 2.17. The number of nitrogens with one attached hydrogen (secondary N) is 1. The molecule has 0 spiro atoms. The van der Waals surface area contributed by atoms with E-state index in [-0.39, 0.29) is 0 Å². The van der Waals surface area contributed by atoms with Crippen LogP contribution < -0.4 is 0 Å². The first-order valence-electron chi connectivity index (χ1n) is 9.24. The molecule has 3 aromatic rings. The van der Waals surface area contributed by atoms with Crippen LogP contribution in [0.15, 0.2) is 30.9 Å². The lowest BCUT2D eigenvalue weighted by Crippen LogP contribution is -2.19. The van der Waals surface area contributed by atoms with E-state index < -0.39 is 5.60 Å². The molecule has 0 aliphatic heterocycles. The molecule has 26 heavy (non-hydrogen) atoms. The SMILES string of the molecule is CCC(CC)n1cc(-c2cn[nH]c2)c2cc(C#CC(C)(O)CC)ncc21. The molecule has 0 saturated carbocycles. The Bertz CT molecular complexity index is 938.